The molecule has 0 aliphatic rings. The zero-order valence-electron chi connectivity index (χ0n) is 8.14. The molecule has 0 bridgehead atoms. The molecule has 0 fully saturated rings. The minimum Gasteiger partial charge on any atom is -0.0866 e. The molecule has 0 aliphatic carbocycles. The van der Waals surface area contributed by atoms with Crippen molar-refractivity contribution in [1.82, 2.24) is 0 Å². The number of allylic oxidation sites excluding steroid dienone is 2. The van der Waals surface area contributed by atoms with Crippen molar-refractivity contribution < 1.29 is 0 Å². The molecule has 0 spiro atoms. The summed E-state index contributed by atoms with van der Waals surface area (Å²) in [5.74, 6) is 4.54. The van der Waals surface area contributed by atoms with Crippen LogP contribution in [0.25, 0.3) is 0 Å². The Labute approximate surface area is 81.7 Å². The van der Waals surface area contributed by atoms with Crippen LogP contribution in [0, 0.1) is 0 Å². The van der Waals surface area contributed by atoms with Crippen molar-refractivity contribution in [3.63, 3.8) is 0 Å². The first-order valence-electron chi connectivity index (χ1n) is 4.47. The van der Waals surface area contributed by atoms with Crippen molar-refractivity contribution in [2.24, 2.45) is 0 Å². The minimum atomic E-state index is -0.217. The highest BCUT2D eigenvalue weighted by molar-refractivity contribution is 7.71. The molecule has 0 saturated carbocycles. The molecule has 0 N–H and O–H groups in total. The Bertz CT molecular complexity index is 273. The van der Waals surface area contributed by atoms with Crippen molar-refractivity contribution in [2.75, 3.05) is 0 Å². The molecule has 1 aromatic rings. The second kappa shape index (κ2) is 5.72. The topological polar surface area (TPSA) is 0 Å². The molecule has 1 aromatic carbocycles. The average molecular weight is 190 g/mol. The molecular weight excluding hydrogens is 175 g/mol. The number of benzene rings is 1. The Balaban J connectivity index is 2.88. The van der Waals surface area contributed by atoms with Gasteiger partial charge in [-0.25, -0.2) is 0 Å². The number of rotatable bonds is 3. The van der Waals surface area contributed by atoms with Gasteiger partial charge in [-0.3, -0.25) is 0 Å². The third kappa shape index (κ3) is 3.16. The van der Waals surface area contributed by atoms with Gasteiger partial charge in [-0.15, -0.1) is 0 Å². The summed E-state index contributed by atoms with van der Waals surface area (Å²) in [6.45, 7) is 4.14. The summed E-state index contributed by atoms with van der Waals surface area (Å²) in [6.07, 6.45) is 4.25. The Morgan fingerprint density at radius 1 is 0.923 bits per heavy atom. The van der Waals surface area contributed by atoms with Crippen LogP contribution in [-0.4, -0.2) is 0 Å². The second-order valence-corrected chi connectivity index (χ2v) is 4.63. The lowest BCUT2D eigenvalue weighted by atomic mass is 10.4. The highest BCUT2D eigenvalue weighted by Crippen LogP contribution is 2.37. The summed E-state index contributed by atoms with van der Waals surface area (Å²) < 4.78 is 0. The van der Waals surface area contributed by atoms with Gasteiger partial charge in [0.05, 0.1) is 0 Å². The molecule has 0 aliphatic heterocycles. The van der Waals surface area contributed by atoms with Crippen LogP contribution in [0.2, 0.25) is 0 Å². The summed E-state index contributed by atoms with van der Waals surface area (Å²) in [7, 11) is -0.217. The van der Waals surface area contributed by atoms with Gasteiger partial charge in [-0.1, -0.05) is 54.1 Å². The summed E-state index contributed by atoms with van der Waals surface area (Å²) in [5, 5.41) is 1.41. The highest BCUT2D eigenvalue weighted by Gasteiger charge is 2.00. The van der Waals surface area contributed by atoms with Gasteiger partial charge in [0, 0.05) is 0 Å². The lowest BCUT2D eigenvalue weighted by molar-refractivity contribution is 1.75. The van der Waals surface area contributed by atoms with Gasteiger partial charge in [-0.05, 0) is 27.1 Å². The van der Waals surface area contributed by atoms with Crippen LogP contribution in [0.1, 0.15) is 13.8 Å². The van der Waals surface area contributed by atoms with E-state index < -0.39 is 0 Å². The van der Waals surface area contributed by atoms with Crippen molar-refractivity contribution in [3.05, 3.63) is 54.1 Å². The molecule has 1 heteroatoms. The van der Waals surface area contributed by atoms with Crippen molar-refractivity contribution in [1.29, 1.82) is 0 Å². The van der Waals surface area contributed by atoms with Crippen LogP contribution in [0.4, 0.5) is 0 Å². The second-order valence-electron chi connectivity index (χ2n) is 2.71. The van der Waals surface area contributed by atoms with Gasteiger partial charge in [0.2, 0.25) is 0 Å². The molecule has 1 rings (SSSR count). The fourth-order valence-corrected chi connectivity index (χ4v) is 2.75. The first-order chi connectivity index (χ1) is 6.38. The molecular formula is C12H15P. The van der Waals surface area contributed by atoms with Crippen LogP contribution >= 0.6 is 7.92 Å². The maximum atomic E-state index is 2.27. The molecule has 0 nitrogen and oxygen atoms in total. The molecule has 0 radical (unpaired) electrons. The van der Waals surface area contributed by atoms with E-state index in [0.29, 0.717) is 0 Å². The van der Waals surface area contributed by atoms with Gasteiger partial charge in [0.15, 0.2) is 0 Å². The van der Waals surface area contributed by atoms with Crippen molar-refractivity contribution in [3.8, 4) is 0 Å². The molecule has 0 heterocycles. The fraction of sp³-hybridized carbons (Fsp3) is 0.167. The van der Waals surface area contributed by atoms with E-state index in [9.17, 15) is 0 Å². The Morgan fingerprint density at radius 3 is 1.92 bits per heavy atom. The quantitative estimate of drug-likeness (QED) is 0.635. The van der Waals surface area contributed by atoms with E-state index in [4.69, 9.17) is 0 Å². The van der Waals surface area contributed by atoms with Crippen LogP contribution in [0.5, 0.6) is 0 Å². The lowest BCUT2D eigenvalue weighted by Gasteiger charge is -2.07. The number of hydrogen-bond acceptors (Lipinski definition) is 0. The van der Waals surface area contributed by atoms with Crippen molar-refractivity contribution in [2.45, 2.75) is 13.8 Å². The van der Waals surface area contributed by atoms with E-state index in [1.54, 1.807) is 0 Å². The third-order valence-electron chi connectivity index (χ3n) is 1.67. The van der Waals surface area contributed by atoms with Gasteiger partial charge in [0.25, 0.3) is 0 Å². The molecule has 0 saturated heterocycles. The van der Waals surface area contributed by atoms with E-state index in [0.717, 1.165) is 0 Å². The SMILES string of the molecule is C/C=C/P(/C=C/C)c1ccccc1. The molecule has 0 atom stereocenters. The first kappa shape index (κ1) is 10.2. The third-order valence-corrected chi connectivity index (χ3v) is 3.81. The fourth-order valence-electron chi connectivity index (χ4n) is 1.14. The Kier molecular flexibility index (Phi) is 4.49. The molecule has 0 aromatic heterocycles. The van der Waals surface area contributed by atoms with Gasteiger partial charge in [-0.2, -0.15) is 0 Å². The zero-order chi connectivity index (χ0) is 9.52. The Morgan fingerprint density at radius 2 is 1.46 bits per heavy atom. The van der Waals surface area contributed by atoms with Crippen LogP contribution < -0.4 is 5.30 Å². The van der Waals surface area contributed by atoms with E-state index in [2.05, 4.69) is 68.0 Å². The smallest absolute Gasteiger partial charge is 0.0162 e. The van der Waals surface area contributed by atoms with E-state index in [-0.39, 0.29) is 7.92 Å². The number of hydrogen-bond donors (Lipinski definition) is 0. The summed E-state index contributed by atoms with van der Waals surface area (Å²) in [5.41, 5.74) is 0. The Hall–Kier alpha value is -0.870. The van der Waals surface area contributed by atoms with E-state index in [1.165, 1.54) is 5.30 Å². The summed E-state index contributed by atoms with van der Waals surface area (Å²) in [4.78, 5) is 0. The standard InChI is InChI=1S/C12H15P/c1-3-10-13(11-4-2)12-8-6-5-7-9-12/h3-11H,1-2H3/b10-3+,11-4+. The molecule has 0 unspecified atom stereocenters. The maximum Gasteiger partial charge on any atom is -0.0162 e. The normalized spacial score (nSPS) is 11.9. The summed E-state index contributed by atoms with van der Waals surface area (Å²) in [6, 6.07) is 10.6. The average Bonchev–Trinajstić information content (AvgIpc) is 2.19. The van der Waals surface area contributed by atoms with Gasteiger partial charge < -0.3 is 0 Å². The van der Waals surface area contributed by atoms with Crippen molar-refractivity contribution >= 4 is 13.2 Å². The van der Waals surface area contributed by atoms with Gasteiger partial charge >= 0.3 is 0 Å². The maximum absolute atomic E-state index is 2.27. The first-order valence-corrected chi connectivity index (χ1v) is 5.95. The highest BCUT2D eigenvalue weighted by atomic mass is 31.1. The predicted octanol–water partition coefficient (Wildman–Crippen LogP) is 3.86. The molecule has 68 valence electrons. The van der Waals surface area contributed by atoms with Crippen LogP contribution in [0.15, 0.2) is 54.1 Å². The van der Waals surface area contributed by atoms with E-state index >= 15 is 0 Å². The zero-order valence-corrected chi connectivity index (χ0v) is 9.04. The van der Waals surface area contributed by atoms with E-state index in [1.807, 2.05) is 0 Å². The monoisotopic (exact) mass is 190 g/mol. The predicted molar refractivity (Wildman–Crippen MR) is 62.6 cm³/mol. The lowest BCUT2D eigenvalue weighted by Crippen LogP contribution is -1.94. The van der Waals surface area contributed by atoms with Crippen LogP contribution in [0.3, 0.4) is 0 Å². The summed E-state index contributed by atoms with van der Waals surface area (Å²) >= 11 is 0. The van der Waals surface area contributed by atoms with Gasteiger partial charge in [0.1, 0.15) is 0 Å². The largest absolute Gasteiger partial charge is 0.0866 e. The molecule has 13 heavy (non-hydrogen) atoms. The van der Waals surface area contributed by atoms with Crippen LogP contribution in [-0.2, 0) is 0 Å². The minimum absolute atomic E-state index is 0.217. The molecule has 0 amide bonds.